The minimum atomic E-state index is -0.466. The molecular weight excluding hydrogens is 276 g/mol. The summed E-state index contributed by atoms with van der Waals surface area (Å²) in [5, 5.41) is 2.92. The van der Waals surface area contributed by atoms with Crippen LogP contribution in [0.4, 0.5) is 0 Å². The molecular formula is C18H28N2O2. The van der Waals surface area contributed by atoms with E-state index in [-0.39, 0.29) is 11.8 Å². The lowest BCUT2D eigenvalue weighted by molar-refractivity contribution is -0.133. The van der Waals surface area contributed by atoms with Gasteiger partial charge in [-0.3, -0.25) is 9.59 Å². The van der Waals surface area contributed by atoms with E-state index in [0.717, 1.165) is 5.56 Å². The van der Waals surface area contributed by atoms with Crippen molar-refractivity contribution in [2.24, 2.45) is 5.92 Å². The summed E-state index contributed by atoms with van der Waals surface area (Å²) in [6, 6.07) is 6.97. The molecule has 1 atom stereocenters. The number of nitrogens with one attached hydrogen (secondary N) is 1. The van der Waals surface area contributed by atoms with Crippen LogP contribution in [0.5, 0.6) is 0 Å². The predicted octanol–water partition coefficient (Wildman–Crippen LogP) is 3.01. The Hall–Kier alpha value is -1.84. The molecule has 0 saturated carbocycles. The summed E-state index contributed by atoms with van der Waals surface area (Å²) in [5.41, 5.74) is 1.54. The lowest BCUT2D eigenvalue weighted by Crippen LogP contribution is -2.49. The Kier molecular flexibility index (Phi) is 7.09. The highest BCUT2D eigenvalue weighted by atomic mass is 16.2. The maximum absolute atomic E-state index is 12.6. The summed E-state index contributed by atoms with van der Waals surface area (Å²) in [7, 11) is 0. The van der Waals surface area contributed by atoms with Crippen molar-refractivity contribution in [3.05, 3.63) is 35.4 Å². The van der Waals surface area contributed by atoms with Crippen LogP contribution in [-0.2, 0) is 4.79 Å². The predicted molar refractivity (Wildman–Crippen MR) is 89.8 cm³/mol. The maximum Gasteiger partial charge on any atom is 0.252 e. The normalized spacial score (nSPS) is 12.1. The first-order valence-electron chi connectivity index (χ1n) is 8.05. The summed E-state index contributed by atoms with van der Waals surface area (Å²) in [6.45, 7) is 11.2. The summed E-state index contributed by atoms with van der Waals surface area (Å²) >= 11 is 0. The molecule has 0 aliphatic heterocycles. The van der Waals surface area contributed by atoms with E-state index in [9.17, 15) is 9.59 Å². The molecule has 122 valence electrons. The van der Waals surface area contributed by atoms with Gasteiger partial charge in [-0.05, 0) is 44.7 Å². The first-order valence-corrected chi connectivity index (χ1v) is 8.05. The molecule has 1 rings (SSSR count). The molecule has 1 N–H and O–H groups in total. The van der Waals surface area contributed by atoms with Gasteiger partial charge in [-0.15, -0.1) is 0 Å². The fourth-order valence-corrected chi connectivity index (χ4v) is 2.51. The van der Waals surface area contributed by atoms with Gasteiger partial charge in [-0.2, -0.15) is 0 Å². The van der Waals surface area contributed by atoms with Crippen LogP contribution in [0, 0.1) is 12.8 Å². The quantitative estimate of drug-likeness (QED) is 0.842. The molecule has 0 aliphatic carbocycles. The second-order valence-electron chi connectivity index (χ2n) is 5.98. The molecule has 4 nitrogen and oxygen atoms in total. The van der Waals surface area contributed by atoms with E-state index in [1.54, 1.807) is 11.0 Å². The van der Waals surface area contributed by atoms with Crippen molar-refractivity contribution in [1.82, 2.24) is 10.2 Å². The number of carbonyl (C=O) groups is 2. The Morgan fingerprint density at radius 1 is 1.14 bits per heavy atom. The zero-order valence-corrected chi connectivity index (χ0v) is 14.3. The number of hydrogen-bond donors (Lipinski definition) is 1. The van der Waals surface area contributed by atoms with E-state index >= 15 is 0 Å². The van der Waals surface area contributed by atoms with Crippen molar-refractivity contribution in [1.29, 1.82) is 0 Å². The SMILES string of the molecule is CCN(CC)C(=O)[C@H](CC(C)C)NC(=O)c1ccccc1C. The molecule has 0 bridgehead atoms. The molecule has 2 amide bonds. The van der Waals surface area contributed by atoms with E-state index < -0.39 is 6.04 Å². The Morgan fingerprint density at radius 2 is 1.73 bits per heavy atom. The number of benzene rings is 1. The molecule has 0 aliphatic rings. The van der Waals surface area contributed by atoms with E-state index in [1.807, 2.05) is 39.0 Å². The molecule has 0 fully saturated rings. The highest BCUT2D eigenvalue weighted by Gasteiger charge is 2.26. The van der Waals surface area contributed by atoms with Crippen molar-refractivity contribution < 1.29 is 9.59 Å². The van der Waals surface area contributed by atoms with Crippen LogP contribution in [0.1, 0.15) is 50.0 Å². The van der Waals surface area contributed by atoms with Gasteiger partial charge in [0, 0.05) is 18.7 Å². The summed E-state index contributed by atoms with van der Waals surface area (Å²) < 4.78 is 0. The van der Waals surface area contributed by atoms with Gasteiger partial charge in [0.25, 0.3) is 5.91 Å². The van der Waals surface area contributed by atoms with Gasteiger partial charge in [0.2, 0.25) is 5.91 Å². The number of aryl methyl sites for hydroxylation is 1. The van der Waals surface area contributed by atoms with Crippen LogP contribution in [0.15, 0.2) is 24.3 Å². The third kappa shape index (κ3) is 4.86. The van der Waals surface area contributed by atoms with E-state index in [4.69, 9.17) is 0 Å². The Labute approximate surface area is 133 Å². The molecule has 0 spiro atoms. The number of likely N-dealkylation sites (N-methyl/N-ethyl adjacent to an activating group) is 1. The largest absolute Gasteiger partial charge is 0.341 e. The minimum absolute atomic E-state index is 0.000587. The van der Waals surface area contributed by atoms with Crippen molar-refractivity contribution in [2.45, 2.75) is 47.1 Å². The number of rotatable bonds is 7. The van der Waals surface area contributed by atoms with Gasteiger partial charge < -0.3 is 10.2 Å². The highest BCUT2D eigenvalue weighted by molar-refractivity contribution is 5.98. The first-order chi connectivity index (χ1) is 10.4. The molecule has 0 saturated heterocycles. The minimum Gasteiger partial charge on any atom is -0.341 e. The smallest absolute Gasteiger partial charge is 0.252 e. The van der Waals surface area contributed by atoms with Gasteiger partial charge in [0.15, 0.2) is 0 Å². The molecule has 1 aromatic rings. The van der Waals surface area contributed by atoms with Gasteiger partial charge in [0.05, 0.1) is 0 Å². The molecule has 0 heterocycles. The van der Waals surface area contributed by atoms with Crippen LogP contribution >= 0.6 is 0 Å². The summed E-state index contributed by atoms with van der Waals surface area (Å²) in [5.74, 6) is 0.159. The zero-order chi connectivity index (χ0) is 16.7. The second-order valence-corrected chi connectivity index (χ2v) is 5.98. The number of nitrogens with zero attached hydrogens (tertiary/aromatic N) is 1. The molecule has 1 aromatic carbocycles. The Morgan fingerprint density at radius 3 is 2.23 bits per heavy atom. The fraction of sp³-hybridized carbons (Fsp3) is 0.556. The van der Waals surface area contributed by atoms with Crippen LogP contribution < -0.4 is 5.32 Å². The molecule has 0 aromatic heterocycles. The van der Waals surface area contributed by atoms with Crippen LogP contribution in [-0.4, -0.2) is 35.8 Å². The van der Waals surface area contributed by atoms with E-state index in [1.165, 1.54) is 0 Å². The molecule has 4 heteroatoms. The van der Waals surface area contributed by atoms with Crippen LogP contribution in [0.3, 0.4) is 0 Å². The lowest BCUT2D eigenvalue weighted by Gasteiger charge is -2.27. The molecule has 0 radical (unpaired) electrons. The van der Waals surface area contributed by atoms with Crippen molar-refractivity contribution >= 4 is 11.8 Å². The Bertz CT molecular complexity index is 508. The standard InChI is InChI=1S/C18H28N2O2/c1-6-20(7-2)18(22)16(12-13(3)4)19-17(21)15-11-9-8-10-14(15)5/h8-11,13,16H,6-7,12H2,1-5H3,(H,19,21)/t16-/m0/s1. The van der Waals surface area contributed by atoms with Crippen molar-refractivity contribution in [2.75, 3.05) is 13.1 Å². The third-order valence-electron chi connectivity index (χ3n) is 3.78. The third-order valence-corrected chi connectivity index (χ3v) is 3.78. The van der Waals surface area contributed by atoms with Crippen molar-refractivity contribution in [3.8, 4) is 0 Å². The highest BCUT2D eigenvalue weighted by Crippen LogP contribution is 2.11. The topological polar surface area (TPSA) is 49.4 Å². The number of hydrogen-bond acceptors (Lipinski definition) is 2. The first kappa shape index (κ1) is 18.2. The lowest BCUT2D eigenvalue weighted by atomic mass is 10.0. The van der Waals surface area contributed by atoms with Crippen LogP contribution in [0.25, 0.3) is 0 Å². The number of amides is 2. The fourth-order valence-electron chi connectivity index (χ4n) is 2.51. The average molecular weight is 304 g/mol. The van der Waals surface area contributed by atoms with Gasteiger partial charge in [-0.25, -0.2) is 0 Å². The van der Waals surface area contributed by atoms with Crippen molar-refractivity contribution in [3.63, 3.8) is 0 Å². The molecule has 22 heavy (non-hydrogen) atoms. The van der Waals surface area contributed by atoms with Gasteiger partial charge in [0.1, 0.15) is 6.04 Å². The summed E-state index contributed by atoms with van der Waals surface area (Å²) in [6.07, 6.45) is 0.646. The van der Waals surface area contributed by atoms with Crippen LogP contribution in [0.2, 0.25) is 0 Å². The van der Waals surface area contributed by atoms with E-state index in [0.29, 0.717) is 31.0 Å². The van der Waals surface area contributed by atoms with Gasteiger partial charge in [-0.1, -0.05) is 32.0 Å². The maximum atomic E-state index is 12.6. The second kappa shape index (κ2) is 8.57. The number of carbonyl (C=O) groups excluding carboxylic acids is 2. The monoisotopic (exact) mass is 304 g/mol. The Balaban J connectivity index is 2.92. The van der Waals surface area contributed by atoms with E-state index in [2.05, 4.69) is 19.2 Å². The molecule has 0 unspecified atom stereocenters. The summed E-state index contributed by atoms with van der Waals surface area (Å²) in [4.78, 5) is 26.9. The zero-order valence-electron chi connectivity index (χ0n) is 14.3. The van der Waals surface area contributed by atoms with Gasteiger partial charge >= 0.3 is 0 Å². The average Bonchev–Trinajstić information content (AvgIpc) is 2.47.